The third kappa shape index (κ3) is 3.83. The predicted octanol–water partition coefficient (Wildman–Crippen LogP) is 3.34. The molecule has 0 radical (unpaired) electrons. The Morgan fingerprint density at radius 2 is 2.04 bits per heavy atom. The first-order valence-electron chi connectivity index (χ1n) is 7.96. The molecule has 0 aromatic heterocycles. The van der Waals surface area contributed by atoms with Gasteiger partial charge in [0, 0.05) is 24.3 Å². The van der Waals surface area contributed by atoms with Crippen LogP contribution < -0.4 is 5.73 Å². The van der Waals surface area contributed by atoms with Gasteiger partial charge >= 0.3 is 0 Å². The maximum atomic E-state index is 13.0. The van der Waals surface area contributed by atoms with Crippen molar-refractivity contribution in [1.82, 2.24) is 4.90 Å². The normalized spacial score (nSPS) is 13.8. The fourth-order valence-electron chi connectivity index (χ4n) is 2.75. The number of carbonyl (C=O) groups is 1. The number of rotatable bonds is 5. The van der Waals surface area contributed by atoms with Crippen LogP contribution in [0.2, 0.25) is 0 Å². The van der Waals surface area contributed by atoms with Crippen molar-refractivity contribution < 1.29 is 9.90 Å². The summed E-state index contributed by atoms with van der Waals surface area (Å²) < 4.78 is 0. The van der Waals surface area contributed by atoms with Crippen LogP contribution in [0.5, 0.6) is 5.75 Å². The number of hydrogen-bond donors (Lipinski definition) is 2. The Bertz CT molecular complexity index is 723. The molecule has 0 bridgehead atoms. The van der Waals surface area contributed by atoms with Gasteiger partial charge in [0.15, 0.2) is 0 Å². The summed E-state index contributed by atoms with van der Waals surface area (Å²) >= 11 is 0. The minimum atomic E-state index is 0.00467. The fraction of sp³-hybridized carbons (Fsp3) is 0.316. The van der Waals surface area contributed by atoms with Gasteiger partial charge in [0.2, 0.25) is 0 Å². The van der Waals surface area contributed by atoms with Gasteiger partial charge in [-0.15, -0.1) is 0 Å². The summed E-state index contributed by atoms with van der Waals surface area (Å²) in [7, 11) is 0. The van der Waals surface area contributed by atoms with E-state index in [2.05, 4.69) is 0 Å². The third-order valence-electron chi connectivity index (χ3n) is 4.24. The van der Waals surface area contributed by atoms with Gasteiger partial charge in [0.25, 0.3) is 5.91 Å². The summed E-state index contributed by atoms with van der Waals surface area (Å²) in [4.78, 5) is 14.8. The lowest BCUT2D eigenvalue weighted by molar-refractivity contribution is 0.0734. The maximum absolute atomic E-state index is 13.0. The van der Waals surface area contributed by atoms with E-state index in [-0.39, 0.29) is 11.7 Å². The van der Waals surface area contributed by atoms with Crippen molar-refractivity contribution in [3.8, 4) is 5.75 Å². The minimum Gasteiger partial charge on any atom is -0.508 e. The number of carbonyl (C=O) groups excluding carboxylic acids is 1. The van der Waals surface area contributed by atoms with E-state index < -0.39 is 0 Å². The second kappa shape index (κ2) is 6.32. The minimum absolute atomic E-state index is 0.00467. The van der Waals surface area contributed by atoms with Crippen LogP contribution >= 0.6 is 0 Å². The van der Waals surface area contributed by atoms with E-state index in [0.717, 1.165) is 17.7 Å². The highest BCUT2D eigenvalue weighted by atomic mass is 16.3. The van der Waals surface area contributed by atoms with E-state index in [0.29, 0.717) is 23.7 Å². The lowest BCUT2D eigenvalue weighted by Gasteiger charge is -2.24. The van der Waals surface area contributed by atoms with Gasteiger partial charge in [-0.1, -0.05) is 18.2 Å². The number of anilines is 1. The van der Waals surface area contributed by atoms with Crippen LogP contribution in [-0.2, 0) is 6.54 Å². The molecule has 1 saturated carbocycles. The summed E-state index contributed by atoms with van der Waals surface area (Å²) in [6.07, 6.45) is 2.36. The third-order valence-corrected chi connectivity index (χ3v) is 4.24. The van der Waals surface area contributed by atoms with E-state index in [4.69, 9.17) is 5.73 Å². The highest BCUT2D eigenvalue weighted by molar-refractivity contribution is 5.96. The Kier molecular flexibility index (Phi) is 4.24. The summed E-state index contributed by atoms with van der Waals surface area (Å²) in [5.41, 5.74) is 8.97. The monoisotopic (exact) mass is 310 g/mol. The number of nitrogens with two attached hydrogens (primary N) is 1. The molecule has 4 heteroatoms. The molecule has 0 aliphatic heterocycles. The Hall–Kier alpha value is -2.49. The van der Waals surface area contributed by atoms with Crippen LogP contribution in [0.3, 0.4) is 0 Å². The lowest BCUT2D eigenvalue weighted by Crippen LogP contribution is -2.33. The molecule has 0 heterocycles. The number of nitrogens with zero attached hydrogens (tertiary/aromatic N) is 1. The molecule has 1 amide bonds. The number of benzene rings is 2. The van der Waals surface area contributed by atoms with E-state index >= 15 is 0 Å². The second-order valence-corrected chi connectivity index (χ2v) is 6.37. The second-order valence-electron chi connectivity index (χ2n) is 6.37. The molecule has 0 saturated heterocycles. The summed E-state index contributed by atoms with van der Waals surface area (Å²) in [5, 5.41) is 9.64. The molecule has 3 N–H and O–H groups in total. The number of aromatic hydroxyl groups is 1. The van der Waals surface area contributed by atoms with Gasteiger partial charge in [0.05, 0.1) is 0 Å². The molecule has 0 unspecified atom stereocenters. The molecule has 2 aromatic carbocycles. The molecule has 0 atom stereocenters. The Morgan fingerprint density at radius 1 is 1.26 bits per heavy atom. The largest absolute Gasteiger partial charge is 0.508 e. The van der Waals surface area contributed by atoms with Crippen molar-refractivity contribution in [3.05, 3.63) is 59.2 Å². The highest BCUT2D eigenvalue weighted by Gasteiger charge is 2.28. The zero-order valence-corrected chi connectivity index (χ0v) is 13.3. The molecule has 1 aliphatic carbocycles. The van der Waals surface area contributed by atoms with E-state index in [1.807, 2.05) is 30.0 Å². The molecule has 2 aromatic rings. The number of amides is 1. The number of hydrogen-bond acceptors (Lipinski definition) is 3. The van der Waals surface area contributed by atoms with Gasteiger partial charge in [-0.3, -0.25) is 4.79 Å². The fourth-order valence-corrected chi connectivity index (χ4v) is 2.75. The molecular formula is C19H22N2O2. The Labute approximate surface area is 136 Å². The first-order valence-corrected chi connectivity index (χ1v) is 7.96. The molecule has 23 heavy (non-hydrogen) atoms. The molecule has 3 rings (SSSR count). The van der Waals surface area contributed by atoms with E-state index in [1.54, 1.807) is 24.3 Å². The zero-order chi connectivity index (χ0) is 16.4. The smallest absolute Gasteiger partial charge is 0.254 e. The molecule has 4 nitrogen and oxygen atoms in total. The van der Waals surface area contributed by atoms with Gasteiger partial charge in [-0.05, 0) is 61.1 Å². The first-order chi connectivity index (χ1) is 11.0. The number of phenolic OH excluding ortho intramolecular Hbond substituents is 1. The SMILES string of the molecule is Cc1ccc(N)cc1C(=O)N(Cc1cccc(O)c1)CC1CC1. The Morgan fingerprint density at radius 3 is 2.74 bits per heavy atom. The van der Waals surface area contributed by atoms with Crippen molar-refractivity contribution in [2.45, 2.75) is 26.3 Å². The lowest BCUT2D eigenvalue weighted by atomic mass is 10.1. The molecular weight excluding hydrogens is 288 g/mol. The maximum Gasteiger partial charge on any atom is 0.254 e. The molecule has 120 valence electrons. The topological polar surface area (TPSA) is 66.6 Å². The van der Waals surface area contributed by atoms with E-state index in [9.17, 15) is 9.90 Å². The standard InChI is InChI=1S/C19H22N2O2/c1-13-5-8-16(20)10-18(13)19(23)21(11-14-6-7-14)12-15-3-2-4-17(22)9-15/h2-5,8-10,14,22H,6-7,11-12,20H2,1H3. The van der Waals surface area contributed by atoms with Gasteiger partial charge < -0.3 is 15.7 Å². The summed E-state index contributed by atoms with van der Waals surface area (Å²) in [6, 6.07) is 12.5. The average molecular weight is 310 g/mol. The van der Waals surface area contributed by atoms with Crippen molar-refractivity contribution >= 4 is 11.6 Å². The Balaban J connectivity index is 1.85. The van der Waals surface area contributed by atoms with Gasteiger partial charge in [0.1, 0.15) is 5.75 Å². The van der Waals surface area contributed by atoms with Crippen LogP contribution in [0.15, 0.2) is 42.5 Å². The van der Waals surface area contributed by atoms with Crippen LogP contribution in [0.4, 0.5) is 5.69 Å². The van der Waals surface area contributed by atoms with E-state index in [1.165, 1.54) is 12.8 Å². The number of aryl methyl sites for hydroxylation is 1. The van der Waals surface area contributed by atoms with Crippen molar-refractivity contribution in [1.29, 1.82) is 0 Å². The predicted molar refractivity (Wildman–Crippen MR) is 91.2 cm³/mol. The molecule has 1 aliphatic rings. The van der Waals surface area contributed by atoms with Crippen LogP contribution in [0.1, 0.15) is 34.3 Å². The van der Waals surface area contributed by atoms with Crippen molar-refractivity contribution in [3.63, 3.8) is 0 Å². The highest BCUT2D eigenvalue weighted by Crippen LogP contribution is 2.31. The molecule has 0 spiro atoms. The van der Waals surface area contributed by atoms with Crippen LogP contribution in [0, 0.1) is 12.8 Å². The number of nitrogen functional groups attached to an aromatic ring is 1. The van der Waals surface area contributed by atoms with Crippen LogP contribution in [0.25, 0.3) is 0 Å². The van der Waals surface area contributed by atoms with Crippen molar-refractivity contribution in [2.24, 2.45) is 5.92 Å². The van der Waals surface area contributed by atoms with Crippen molar-refractivity contribution in [2.75, 3.05) is 12.3 Å². The average Bonchev–Trinajstić information content (AvgIpc) is 3.32. The zero-order valence-electron chi connectivity index (χ0n) is 13.3. The first kappa shape index (κ1) is 15.4. The summed E-state index contributed by atoms with van der Waals surface area (Å²) in [6.45, 7) is 3.18. The quantitative estimate of drug-likeness (QED) is 0.832. The molecule has 1 fully saturated rings. The van der Waals surface area contributed by atoms with Crippen LogP contribution in [-0.4, -0.2) is 22.5 Å². The van der Waals surface area contributed by atoms with Gasteiger partial charge in [-0.25, -0.2) is 0 Å². The number of phenols is 1. The summed E-state index contributed by atoms with van der Waals surface area (Å²) in [5.74, 6) is 0.823. The van der Waals surface area contributed by atoms with Gasteiger partial charge in [-0.2, -0.15) is 0 Å².